The third-order valence-corrected chi connectivity index (χ3v) is 4.56. The number of rotatable bonds is 5. The first-order valence-corrected chi connectivity index (χ1v) is 7.97. The fourth-order valence-corrected chi connectivity index (χ4v) is 3.06. The summed E-state index contributed by atoms with van der Waals surface area (Å²) >= 11 is 1.41. The molecule has 6 nitrogen and oxygen atoms in total. The minimum absolute atomic E-state index is 0.114. The molecule has 0 aromatic heterocycles. The quantitative estimate of drug-likeness (QED) is 0.771. The molecule has 0 fully saturated rings. The summed E-state index contributed by atoms with van der Waals surface area (Å²) in [6, 6.07) is 4.96. The number of carbonyl (C=O) groups is 3. The van der Waals surface area contributed by atoms with Crippen LogP contribution in [0.15, 0.2) is 23.1 Å². The van der Waals surface area contributed by atoms with E-state index in [9.17, 15) is 19.5 Å². The molecule has 1 aliphatic rings. The zero-order valence-electron chi connectivity index (χ0n) is 12.4. The lowest BCUT2D eigenvalue weighted by atomic mass is 9.95. The number of benzene rings is 1. The van der Waals surface area contributed by atoms with Gasteiger partial charge in [-0.15, -0.1) is 11.8 Å². The predicted molar refractivity (Wildman–Crippen MR) is 84.2 cm³/mol. The number of fused-ring (bicyclic) bond motifs is 1. The Morgan fingerprint density at radius 3 is 2.82 bits per heavy atom. The topological polar surface area (TPSA) is 95.5 Å². The van der Waals surface area contributed by atoms with Gasteiger partial charge < -0.3 is 15.7 Å². The lowest BCUT2D eigenvalue weighted by Gasteiger charge is -2.26. The zero-order chi connectivity index (χ0) is 16.3. The Kier molecular flexibility index (Phi) is 4.75. The number of hydrogen-bond acceptors (Lipinski definition) is 4. The summed E-state index contributed by atoms with van der Waals surface area (Å²) in [4.78, 5) is 36.0. The summed E-state index contributed by atoms with van der Waals surface area (Å²) in [5.41, 5.74) is -0.397. The van der Waals surface area contributed by atoms with Gasteiger partial charge in [-0.25, -0.2) is 4.79 Å². The summed E-state index contributed by atoms with van der Waals surface area (Å²) in [6.07, 6.45) is 0.978. The van der Waals surface area contributed by atoms with E-state index in [1.54, 1.807) is 18.2 Å². The Morgan fingerprint density at radius 1 is 1.45 bits per heavy atom. The van der Waals surface area contributed by atoms with Crippen LogP contribution in [0.5, 0.6) is 0 Å². The molecule has 118 valence electrons. The van der Waals surface area contributed by atoms with E-state index in [1.807, 2.05) is 6.92 Å². The number of carbonyl (C=O) groups excluding carboxylic acids is 2. The SMILES string of the molecule is CCCC(C)(NC(=O)c1ccc2c(c1)NC(=O)CS2)C(=O)O. The summed E-state index contributed by atoms with van der Waals surface area (Å²) in [5.74, 6) is -1.29. The monoisotopic (exact) mass is 322 g/mol. The summed E-state index contributed by atoms with van der Waals surface area (Å²) in [7, 11) is 0. The Labute approximate surface area is 132 Å². The van der Waals surface area contributed by atoms with Crippen molar-refractivity contribution in [2.24, 2.45) is 0 Å². The molecule has 0 saturated heterocycles. The number of anilines is 1. The van der Waals surface area contributed by atoms with Crippen LogP contribution >= 0.6 is 11.8 Å². The molecular weight excluding hydrogens is 304 g/mol. The van der Waals surface area contributed by atoms with E-state index in [0.29, 0.717) is 29.8 Å². The van der Waals surface area contributed by atoms with Crippen LogP contribution in [0.4, 0.5) is 5.69 Å². The molecule has 0 bridgehead atoms. The second kappa shape index (κ2) is 6.39. The van der Waals surface area contributed by atoms with Crippen molar-refractivity contribution in [1.82, 2.24) is 5.32 Å². The molecule has 1 aliphatic heterocycles. The smallest absolute Gasteiger partial charge is 0.329 e. The molecule has 1 unspecified atom stereocenters. The third kappa shape index (κ3) is 3.41. The predicted octanol–water partition coefficient (Wildman–Crippen LogP) is 2.10. The van der Waals surface area contributed by atoms with E-state index >= 15 is 0 Å². The average molecular weight is 322 g/mol. The van der Waals surface area contributed by atoms with Crippen molar-refractivity contribution in [1.29, 1.82) is 0 Å². The van der Waals surface area contributed by atoms with Crippen LogP contribution in [0.1, 0.15) is 37.0 Å². The second-order valence-corrected chi connectivity index (χ2v) is 6.41. The fraction of sp³-hybridized carbons (Fsp3) is 0.400. The van der Waals surface area contributed by atoms with E-state index in [0.717, 1.165) is 4.90 Å². The van der Waals surface area contributed by atoms with Gasteiger partial charge in [-0.1, -0.05) is 13.3 Å². The molecule has 3 N–H and O–H groups in total. The lowest BCUT2D eigenvalue weighted by molar-refractivity contribution is -0.144. The van der Waals surface area contributed by atoms with Crippen molar-refractivity contribution in [3.05, 3.63) is 23.8 Å². The summed E-state index contributed by atoms with van der Waals surface area (Å²) in [6.45, 7) is 3.35. The third-order valence-electron chi connectivity index (χ3n) is 3.49. The molecule has 1 heterocycles. The van der Waals surface area contributed by atoms with Crippen molar-refractivity contribution in [3.8, 4) is 0 Å². The number of thioether (sulfide) groups is 1. The lowest BCUT2D eigenvalue weighted by Crippen LogP contribution is -2.52. The molecule has 2 rings (SSSR count). The second-order valence-electron chi connectivity index (χ2n) is 5.39. The average Bonchev–Trinajstić information content (AvgIpc) is 2.46. The van der Waals surface area contributed by atoms with Crippen LogP contribution in [0, 0.1) is 0 Å². The van der Waals surface area contributed by atoms with Crippen LogP contribution in [0.25, 0.3) is 0 Å². The van der Waals surface area contributed by atoms with Gasteiger partial charge in [0.05, 0.1) is 11.4 Å². The van der Waals surface area contributed by atoms with Crippen molar-refractivity contribution >= 4 is 35.2 Å². The number of carboxylic acid groups (broad SMARTS) is 1. The normalized spacial score (nSPS) is 16.2. The highest BCUT2D eigenvalue weighted by Gasteiger charge is 2.34. The highest BCUT2D eigenvalue weighted by atomic mass is 32.2. The molecule has 0 radical (unpaired) electrons. The van der Waals surface area contributed by atoms with Gasteiger partial charge in [0.2, 0.25) is 5.91 Å². The van der Waals surface area contributed by atoms with E-state index in [2.05, 4.69) is 10.6 Å². The van der Waals surface area contributed by atoms with Crippen LogP contribution in [0.2, 0.25) is 0 Å². The number of aliphatic carboxylic acids is 1. The Morgan fingerprint density at radius 2 is 2.18 bits per heavy atom. The number of nitrogens with one attached hydrogen (secondary N) is 2. The highest BCUT2D eigenvalue weighted by Crippen LogP contribution is 2.32. The van der Waals surface area contributed by atoms with Gasteiger partial charge in [0.15, 0.2) is 0 Å². The Bertz CT molecular complexity index is 632. The summed E-state index contributed by atoms with van der Waals surface area (Å²) < 4.78 is 0. The molecule has 1 aromatic rings. The van der Waals surface area contributed by atoms with E-state index < -0.39 is 17.4 Å². The van der Waals surface area contributed by atoms with Crippen LogP contribution in [-0.4, -0.2) is 34.2 Å². The Balaban J connectivity index is 2.21. The minimum atomic E-state index is -1.31. The molecule has 2 amide bonds. The first-order chi connectivity index (χ1) is 10.4. The molecule has 1 atom stereocenters. The molecular formula is C15H18N2O4S. The Hall–Kier alpha value is -2.02. The van der Waals surface area contributed by atoms with Gasteiger partial charge in [-0.3, -0.25) is 9.59 Å². The molecule has 0 aliphatic carbocycles. The minimum Gasteiger partial charge on any atom is -0.480 e. The number of amides is 2. The molecule has 0 spiro atoms. The molecule has 7 heteroatoms. The number of hydrogen-bond donors (Lipinski definition) is 3. The van der Waals surface area contributed by atoms with Crippen molar-refractivity contribution in [3.63, 3.8) is 0 Å². The highest BCUT2D eigenvalue weighted by molar-refractivity contribution is 8.00. The van der Waals surface area contributed by atoms with E-state index in [4.69, 9.17) is 0 Å². The van der Waals surface area contributed by atoms with Crippen molar-refractivity contribution in [2.45, 2.75) is 37.1 Å². The maximum Gasteiger partial charge on any atom is 0.329 e. The van der Waals surface area contributed by atoms with Crippen LogP contribution in [-0.2, 0) is 9.59 Å². The van der Waals surface area contributed by atoms with Gasteiger partial charge in [0.1, 0.15) is 5.54 Å². The molecule has 0 saturated carbocycles. The summed E-state index contributed by atoms with van der Waals surface area (Å²) in [5, 5.41) is 14.6. The molecule has 1 aromatic carbocycles. The van der Waals surface area contributed by atoms with Crippen LogP contribution < -0.4 is 10.6 Å². The number of carboxylic acids is 1. The van der Waals surface area contributed by atoms with Gasteiger partial charge in [0.25, 0.3) is 5.91 Å². The first kappa shape index (κ1) is 16.4. The van der Waals surface area contributed by atoms with Crippen molar-refractivity contribution < 1.29 is 19.5 Å². The van der Waals surface area contributed by atoms with E-state index in [1.165, 1.54) is 18.7 Å². The maximum absolute atomic E-state index is 12.3. The fourth-order valence-electron chi connectivity index (χ4n) is 2.27. The van der Waals surface area contributed by atoms with Crippen molar-refractivity contribution in [2.75, 3.05) is 11.1 Å². The maximum atomic E-state index is 12.3. The van der Waals surface area contributed by atoms with Gasteiger partial charge in [-0.2, -0.15) is 0 Å². The standard InChI is InChI=1S/C15H18N2O4S/c1-3-6-15(2,14(20)21)17-13(19)9-4-5-11-10(7-9)16-12(18)8-22-11/h4-5,7H,3,6,8H2,1-2H3,(H,16,18)(H,17,19)(H,20,21). The van der Waals surface area contributed by atoms with E-state index in [-0.39, 0.29) is 5.91 Å². The van der Waals surface area contributed by atoms with Gasteiger partial charge in [-0.05, 0) is 31.5 Å². The first-order valence-electron chi connectivity index (χ1n) is 6.98. The zero-order valence-corrected chi connectivity index (χ0v) is 13.3. The molecule has 22 heavy (non-hydrogen) atoms. The van der Waals surface area contributed by atoms with Crippen LogP contribution in [0.3, 0.4) is 0 Å². The van der Waals surface area contributed by atoms with Gasteiger partial charge in [0, 0.05) is 10.5 Å². The largest absolute Gasteiger partial charge is 0.480 e. The van der Waals surface area contributed by atoms with Gasteiger partial charge >= 0.3 is 5.97 Å².